The number of nitrogens with two attached hydrogens (primary N) is 1. The van der Waals surface area contributed by atoms with E-state index >= 15 is 0 Å². The summed E-state index contributed by atoms with van der Waals surface area (Å²) in [5, 5.41) is 13.9. The van der Waals surface area contributed by atoms with Gasteiger partial charge in [0.05, 0.1) is 11.4 Å². The van der Waals surface area contributed by atoms with E-state index in [2.05, 4.69) is 77.8 Å². The standard InChI is InChI=1S/C34H46N6O2/c1-22-5-8-27(37-33(42)36-26-11-15-34(2,3)16-12-26)19-24(22)6-9-28-21-31(39-38-28)30-20-25(7-10-29(30)32(35)41)23-13-17-40(4)18-14-23/h5,7-8,10,19-21,23,26H,6,9,11-18H2,1-4H3,(H2,35,41)(H,38,39)(H2,36,37,42). The molecule has 3 aromatic rings. The molecule has 5 N–H and O–H groups in total. The lowest BCUT2D eigenvalue weighted by molar-refractivity contribution is 0.100. The Morgan fingerprint density at radius 3 is 2.48 bits per heavy atom. The van der Waals surface area contributed by atoms with Crippen molar-refractivity contribution in [3.05, 3.63) is 70.4 Å². The van der Waals surface area contributed by atoms with Crippen LogP contribution in [-0.2, 0) is 12.8 Å². The van der Waals surface area contributed by atoms with E-state index in [4.69, 9.17) is 5.73 Å². The molecule has 5 rings (SSSR count). The second-order valence-electron chi connectivity index (χ2n) is 13.2. The van der Waals surface area contributed by atoms with Gasteiger partial charge in [-0.05, 0) is 137 Å². The lowest BCUT2D eigenvalue weighted by Gasteiger charge is -2.34. The van der Waals surface area contributed by atoms with Gasteiger partial charge in [0.2, 0.25) is 5.91 Å². The van der Waals surface area contributed by atoms with Gasteiger partial charge in [0.1, 0.15) is 0 Å². The van der Waals surface area contributed by atoms with Gasteiger partial charge >= 0.3 is 6.03 Å². The maximum absolute atomic E-state index is 12.7. The Labute approximate surface area is 249 Å². The molecule has 0 spiro atoms. The highest BCUT2D eigenvalue weighted by Crippen LogP contribution is 2.35. The van der Waals surface area contributed by atoms with Crippen LogP contribution in [0.5, 0.6) is 0 Å². The number of primary amides is 1. The van der Waals surface area contributed by atoms with Gasteiger partial charge in [-0.1, -0.05) is 26.0 Å². The van der Waals surface area contributed by atoms with Crippen LogP contribution in [0.25, 0.3) is 11.3 Å². The molecule has 1 aromatic heterocycles. The number of amides is 3. The Hall–Kier alpha value is -3.65. The zero-order valence-electron chi connectivity index (χ0n) is 25.6. The maximum Gasteiger partial charge on any atom is 0.319 e. The summed E-state index contributed by atoms with van der Waals surface area (Å²) in [5.74, 6) is 0.0393. The van der Waals surface area contributed by atoms with Crippen LogP contribution in [0.15, 0.2) is 42.5 Å². The third-order valence-corrected chi connectivity index (χ3v) is 9.35. The summed E-state index contributed by atoms with van der Waals surface area (Å²) in [6.45, 7) is 8.84. The van der Waals surface area contributed by atoms with Crippen LogP contribution in [0.1, 0.15) is 91.0 Å². The monoisotopic (exact) mass is 570 g/mol. The van der Waals surface area contributed by atoms with E-state index < -0.39 is 5.91 Å². The molecule has 0 bridgehead atoms. The summed E-state index contributed by atoms with van der Waals surface area (Å²) < 4.78 is 0. The number of anilines is 1. The first-order valence-corrected chi connectivity index (χ1v) is 15.4. The van der Waals surface area contributed by atoms with Crippen molar-refractivity contribution in [2.24, 2.45) is 11.1 Å². The number of urea groups is 1. The molecule has 2 aromatic carbocycles. The van der Waals surface area contributed by atoms with Crippen molar-refractivity contribution in [1.29, 1.82) is 0 Å². The minimum Gasteiger partial charge on any atom is -0.366 e. The van der Waals surface area contributed by atoms with E-state index in [-0.39, 0.29) is 12.1 Å². The Kier molecular flexibility index (Phi) is 9.02. The number of piperidine rings is 1. The molecule has 8 heteroatoms. The van der Waals surface area contributed by atoms with Gasteiger partial charge in [-0.15, -0.1) is 0 Å². The van der Waals surface area contributed by atoms with Crippen molar-refractivity contribution in [2.45, 2.75) is 84.1 Å². The number of H-pyrrole nitrogens is 1. The van der Waals surface area contributed by atoms with Crippen LogP contribution >= 0.6 is 0 Å². The number of aromatic amines is 1. The summed E-state index contributed by atoms with van der Waals surface area (Å²) in [7, 11) is 2.16. The predicted octanol–water partition coefficient (Wildman–Crippen LogP) is 6.17. The van der Waals surface area contributed by atoms with E-state index in [1.54, 1.807) is 0 Å². The van der Waals surface area contributed by atoms with Crippen molar-refractivity contribution >= 4 is 17.6 Å². The lowest BCUT2D eigenvalue weighted by Crippen LogP contribution is -2.41. The van der Waals surface area contributed by atoms with Crippen LogP contribution in [0, 0.1) is 12.3 Å². The molecule has 1 saturated carbocycles. The van der Waals surface area contributed by atoms with Crippen LogP contribution < -0.4 is 16.4 Å². The fourth-order valence-corrected chi connectivity index (χ4v) is 6.40. The highest BCUT2D eigenvalue weighted by atomic mass is 16.2. The van der Waals surface area contributed by atoms with Crippen molar-refractivity contribution in [3.8, 4) is 11.3 Å². The Bertz CT molecular complexity index is 1410. The number of aryl methyl sites for hydroxylation is 3. The van der Waals surface area contributed by atoms with Crippen LogP contribution in [0.4, 0.5) is 10.5 Å². The van der Waals surface area contributed by atoms with Gasteiger partial charge in [-0.3, -0.25) is 9.89 Å². The number of carbonyl (C=O) groups is 2. The molecule has 42 heavy (non-hydrogen) atoms. The summed E-state index contributed by atoms with van der Waals surface area (Å²) in [6.07, 6.45) is 8.03. The summed E-state index contributed by atoms with van der Waals surface area (Å²) >= 11 is 0. The molecule has 2 aliphatic rings. The molecule has 0 atom stereocenters. The van der Waals surface area contributed by atoms with E-state index in [0.717, 1.165) is 87.1 Å². The molecule has 8 nitrogen and oxygen atoms in total. The predicted molar refractivity (Wildman–Crippen MR) is 169 cm³/mol. The number of aromatic nitrogens is 2. The molecule has 2 heterocycles. The molecule has 2 fully saturated rings. The highest BCUT2D eigenvalue weighted by molar-refractivity contribution is 5.99. The molecule has 0 radical (unpaired) electrons. The van der Waals surface area contributed by atoms with Gasteiger partial charge in [0.25, 0.3) is 0 Å². The first-order valence-electron chi connectivity index (χ1n) is 15.4. The smallest absolute Gasteiger partial charge is 0.319 e. The summed E-state index contributed by atoms with van der Waals surface area (Å²) in [5.41, 5.74) is 13.6. The fourth-order valence-electron chi connectivity index (χ4n) is 6.40. The van der Waals surface area contributed by atoms with Crippen LogP contribution in [-0.4, -0.2) is 53.2 Å². The normalized spacial score (nSPS) is 18.1. The zero-order valence-corrected chi connectivity index (χ0v) is 25.6. The second-order valence-corrected chi connectivity index (χ2v) is 13.2. The number of nitrogens with one attached hydrogen (secondary N) is 3. The molecule has 0 unspecified atom stereocenters. The molecule has 224 valence electrons. The van der Waals surface area contributed by atoms with E-state index in [0.29, 0.717) is 16.9 Å². The minimum atomic E-state index is -0.438. The Balaban J connectivity index is 1.23. The van der Waals surface area contributed by atoms with Gasteiger partial charge in [-0.25, -0.2) is 4.79 Å². The lowest BCUT2D eigenvalue weighted by atomic mass is 9.76. The summed E-state index contributed by atoms with van der Waals surface area (Å²) in [4.78, 5) is 27.3. The Morgan fingerprint density at radius 1 is 1.02 bits per heavy atom. The third-order valence-electron chi connectivity index (χ3n) is 9.35. The van der Waals surface area contributed by atoms with Crippen LogP contribution in [0.2, 0.25) is 0 Å². The molecule has 1 saturated heterocycles. The average Bonchev–Trinajstić information content (AvgIpc) is 3.43. The number of hydrogen-bond donors (Lipinski definition) is 4. The van der Waals surface area contributed by atoms with Gasteiger partial charge in [-0.2, -0.15) is 5.10 Å². The average molecular weight is 571 g/mol. The Morgan fingerprint density at radius 2 is 1.76 bits per heavy atom. The fraction of sp³-hybridized carbons (Fsp3) is 0.500. The molecular formula is C34H46N6O2. The SMILES string of the molecule is Cc1ccc(NC(=O)NC2CCC(C)(C)CC2)cc1CCc1cc(-c2cc(C3CCN(C)CC3)ccc2C(N)=O)[nH]n1. The zero-order chi connectivity index (χ0) is 29.9. The van der Waals surface area contributed by atoms with Crippen molar-refractivity contribution < 1.29 is 9.59 Å². The first kappa shape index (κ1) is 29.8. The topological polar surface area (TPSA) is 116 Å². The molecule has 1 aliphatic carbocycles. The third kappa shape index (κ3) is 7.40. The molecule has 3 amide bonds. The van der Waals surface area contributed by atoms with E-state index in [1.807, 2.05) is 18.2 Å². The van der Waals surface area contributed by atoms with E-state index in [1.165, 1.54) is 16.7 Å². The van der Waals surface area contributed by atoms with Gasteiger partial charge in [0, 0.05) is 22.9 Å². The summed E-state index contributed by atoms with van der Waals surface area (Å²) in [6, 6.07) is 14.2. The van der Waals surface area contributed by atoms with Crippen molar-refractivity contribution in [1.82, 2.24) is 20.4 Å². The number of hydrogen-bond acceptors (Lipinski definition) is 4. The van der Waals surface area contributed by atoms with Crippen molar-refractivity contribution in [3.63, 3.8) is 0 Å². The van der Waals surface area contributed by atoms with Crippen LogP contribution in [0.3, 0.4) is 0 Å². The molecular weight excluding hydrogens is 524 g/mol. The molecule has 1 aliphatic heterocycles. The minimum absolute atomic E-state index is 0.140. The van der Waals surface area contributed by atoms with E-state index in [9.17, 15) is 9.59 Å². The first-order chi connectivity index (χ1) is 20.1. The van der Waals surface area contributed by atoms with Crippen molar-refractivity contribution in [2.75, 3.05) is 25.5 Å². The maximum atomic E-state index is 12.7. The quantitative estimate of drug-likeness (QED) is 0.259. The van der Waals surface area contributed by atoms with Gasteiger partial charge < -0.3 is 21.3 Å². The number of carbonyl (C=O) groups excluding carboxylic acids is 2. The number of likely N-dealkylation sites (tertiary alicyclic amines) is 1. The highest BCUT2D eigenvalue weighted by Gasteiger charge is 2.27. The number of benzene rings is 2. The number of nitrogens with zero attached hydrogens (tertiary/aromatic N) is 2. The second kappa shape index (κ2) is 12.7. The largest absolute Gasteiger partial charge is 0.366 e. The number of rotatable bonds is 8. The van der Waals surface area contributed by atoms with Gasteiger partial charge in [0.15, 0.2) is 0 Å².